The van der Waals surface area contributed by atoms with Crippen LogP contribution in [0.15, 0.2) is 58.3 Å². The summed E-state index contributed by atoms with van der Waals surface area (Å²) in [7, 11) is 0. The number of esters is 1. The van der Waals surface area contributed by atoms with Gasteiger partial charge in [0.2, 0.25) is 6.23 Å². The van der Waals surface area contributed by atoms with Crippen LogP contribution in [-0.2, 0) is 30.6 Å². The number of ether oxygens (including phenoxy) is 2. The van der Waals surface area contributed by atoms with Crippen LogP contribution in [0.3, 0.4) is 0 Å². The first-order valence-corrected chi connectivity index (χ1v) is 16.0. The van der Waals surface area contributed by atoms with Crippen LogP contribution in [-0.4, -0.2) is 63.4 Å². The molecule has 0 bridgehead atoms. The van der Waals surface area contributed by atoms with Crippen molar-refractivity contribution < 1.29 is 46.0 Å². The molecule has 3 aromatic rings. The molecule has 1 unspecified atom stereocenters. The van der Waals surface area contributed by atoms with Crippen molar-refractivity contribution in [3.8, 4) is 5.75 Å². The molecule has 4 rings (SSSR count). The molecule has 240 valence electrons. The zero-order valence-corrected chi connectivity index (χ0v) is 25.7. The molecule has 1 aromatic heterocycles. The average molecular weight is 684 g/mol. The van der Waals surface area contributed by atoms with Crippen molar-refractivity contribution in [1.82, 2.24) is 14.6 Å². The van der Waals surface area contributed by atoms with Gasteiger partial charge in [0.1, 0.15) is 16.8 Å². The number of aromatic amines is 1. The Balaban J connectivity index is 1.72. The van der Waals surface area contributed by atoms with Crippen molar-refractivity contribution in [2.75, 3.05) is 6.61 Å². The van der Waals surface area contributed by atoms with E-state index >= 15 is 8.78 Å². The number of nitrogens with zero attached hydrogens (tertiary/aromatic N) is 1. The number of benzene rings is 2. The van der Waals surface area contributed by atoms with Crippen LogP contribution in [0, 0.1) is 0 Å². The fraction of sp³-hybridized carbons (Fsp3) is 0.423. The number of aliphatic hydroxyl groups is 1. The van der Waals surface area contributed by atoms with Gasteiger partial charge >= 0.3 is 24.2 Å². The maximum absolute atomic E-state index is 15.4. The Morgan fingerprint density at radius 2 is 1.86 bits per heavy atom. The van der Waals surface area contributed by atoms with Gasteiger partial charge in [0.25, 0.3) is 12.0 Å². The molecule has 44 heavy (non-hydrogen) atoms. The molecule has 2 aromatic carbocycles. The Labute approximate surface area is 257 Å². The Kier molecular flexibility index (Phi) is 9.95. The molecule has 1 aliphatic heterocycles. The molecule has 0 radical (unpaired) electrons. The van der Waals surface area contributed by atoms with Crippen LogP contribution in [0.25, 0.3) is 10.8 Å². The molecule has 2 heterocycles. The third-order valence-electron chi connectivity index (χ3n) is 6.52. The zero-order chi connectivity index (χ0) is 32.6. The smallest absolute Gasteiger partial charge is 0.330 e. The molecule has 0 amide bonds. The van der Waals surface area contributed by atoms with E-state index in [-0.39, 0.29) is 10.3 Å². The maximum Gasteiger partial charge on any atom is 0.330 e. The van der Waals surface area contributed by atoms with Gasteiger partial charge in [-0.2, -0.15) is 8.78 Å². The standard InChI is InChI=1S/C26H27ClF4N3O8PS/c1-13(2)40-20(36)14(3)33-43(44,42-18-10-6-8-15-7-4-5-9-16(15)18)39-12-25(22(28)29)21(37)26(30,31)23(41-25)34-11-17(27)19(35)32-24(34)38/h4-11,13-14,21-23,37H,12H2,1-3H3,(H,33,44)(H,32,35,38)/t14-,21+,23+,25+,43?/m0/s1. The SMILES string of the molecule is CC(C)OC(=O)[C@H](C)NP(=S)(OC[C@@]1(C(F)F)O[C@@H](n2cc(Cl)c(=O)[nH]c2=O)C(F)(F)[C@@H]1O)Oc1cccc2ccccc12. The number of carbonyl (C=O) groups is 1. The summed E-state index contributed by atoms with van der Waals surface area (Å²) in [6, 6.07) is 10.5. The van der Waals surface area contributed by atoms with Gasteiger partial charge in [0.05, 0.1) is 12.7 Å². The highest BCUT2D eigenvalue weighted by Crippen LogP contribution is 2.54. The summed E-state index contributed by atoms with van der Waals surface area (Å²) in [5.41, 5.74) is -6.07. The van der Waals surface area contributed by atoms with Gasteiger partial charge in [0.15, 0.2) is 11.7 Å². The quantitative estimate of drug-likeness (QED) is 0.154. The van der Waals surface area contributed by atoms with E-state index in [2.05, 4.69) is 5.09 Å². The number of hydrogen-bond acceptors (Lipinski definition) is 9. The molecule has 5 atom stereocenters. The first-order valence-electron chi connectivity index (χ1n) is 12.9. The second-order valence-electron chi connectivity index (χ2n) is 10.1. The number of halogens is 5. The largest absolute Gasteiger partial charge is 0.462 e. The first kappa shape index (κ1) is 34.0. The lowest BCUT2D eigenvalue weighted by Gasteiger charge is -2.34. The Bertz CT molecular complexity index is 1700. The Morgan fingerprint density at radius 3 is 2.52 bits per heavy atom. The van der Waals surface area contributed by atoms with Crippen molar-refractivity contribution in [3.05, 3.63) is 74.5 Å². The molecule has 1 saturated heterocycles. The molecule has 18 heteroatoms. The minimum Gasteiger partial charge on any atom is -0.462 e. The fourth-order valence-corrected chi connectivity index (χ4v) is 6.92. The van der Waals surface area contributed by atoms with E-state index in [4.69, 9.17) is 41.9 Å². The number of aromatic nitrogens is 2. The van der Waals surface area contributed by atoms with Gasteiger partial charge in [0, 0.05) is 11.6 Å². The van der Waals surface area contributed by atoms with Crippen LogP contribution in [0.4, 0.5) is 17.6 Å². The van der Waals surface area contributed by atoms with Gasteiger partial charge in [-0.3, -0.25) is 19.1 Å². The predicted octanol–water partition coefficient (Wildman–Crippen LogP) is 4.12. The number of fused-ring (bicyclic) bond motifs is 1. The van der Waals surface area contributed by atoms with Gasteiger partial charge < -0.3 is 23.6 Å². The third-order valence-corrected chi connectivity index (χ3v) is 9.25. The van der Waals surface area contributed by atoms with E-state index in [1.807, 2.05) is 0 Å². The van der Waals surface area contributed by atoms with Crippen molar-refractivity contribution >= 4 is 46.8 Å². The van der Waals surface area contributed by atoms with Crippen LogP contribution in [0.1, 0.15) is 27.0 Å². The summed E-state index contributed by atoms with van der Waals surface area (Å²) in [5, 5.41) is 13.7. The van der Waals surface area contributed by atoms with E-state index in [1.165, 1.54) is 13.0 Å². The number of nitrogens with one attached hydrogen (secondary N) is 2. The fourth-order valence-electron chi connectivity index (χ4n) is 4.34. The van der Waals surface area contributed by atoms with E-state index in [1.54, 1.807) is 55.2 Å². The molecular formula is C26H27ClF4N3O8PS. The van der Waals surface area contributed by atoms with Gasteiger partial charge in [-0.25, -0.2) is 18.7 Å². The Morgan fingerprint density at radius 1 is 1.20 bits per heavy atom. The van der Waals surface area contributed by atoms with Crippen LogP contribution < -0.4 is 20.9 Å². The Hall–Kier alpha value is -2.85. The van der Waals surface area contributed by atoms with Crippen molar-refractivity contribution in [2.45, 2.75) is 63.2 Å². The first-order chi connectivity index (χ1) is 20.5. The lowest BCUT2D eigenvalue weighted by Crippen LogP contribution is -2.54. The monoisotopic (exact) mass is 683 g/mol. The number of rotatable bonds is 11. The second kappa shape index (κ2) is 12.9. The highest BCUT2D eigenvalue weighted by molar-refractivity contribution is 8.09. The number of hydrogen-bond donors (Lipinski definition) is 3. The number of carbonyl (C=O) groups excluding carboxylic acids is 1. The van der Waals surface area contributed by atoms with Crippen molar-refractivity contribution in [2.24, 2.45) is 0 Å². The molecular weight excluding hydrogens is 657 g/mol. The molecule has 0 saturated carbocycles. The summed E-state index contributed by atoms with van der Waals surface area (Å²) in [6.45, 7) is -1.12. The maximum atomic E-state index is 15.4. The summed E-state index contributed by atoms with van der Waals surface area (Å²) in [6.07, 6.45) is -10.0. The van der Waals surface area contributed by atoms with E-state index in [9.17, 15) is 28.3 Å². The number of alkyl halides is 4. The topological polar surface area (TPSA) is 141 Å². The molecule has 0 aliphatic carbocycles. The summed E-state index contributed by atoms with van der Waals surface area (Å²) < 4.78 is 81.8. The van der Waals surface area contributed by atoms with Gasteiger partial charge in [-0.15, -0.1) is 0 Å². The molecule has 3 N–H and O–H groups in total. The van der Waals surface area contributed by atoms with Crippen LogP contribution >= 0.6 is 18.2 Å². The molecule has 1 aliphatic rings. The highest BCUT2D eigenvalue weighted by Gasteiger charge is 2.71. The summed E-state index contributed by atoms with van der Waals surface area (Å²) >= 11 is 11.2. The number of aliphatic hydroxyl groups excluding tert-OH is 1. The molecule has 11 nitrogen and oxygen atoms in total. The zero-order valence-electron chi connectivity index (χ0n) is 23.2. The summed E-state index contributed by atoms with van der Waals surface area (Å²) in [4.78, 5) is 38.2. The van der Waals surface area contributed by atoms with Crippen molar-refractivity contribution in [3.63, 3.8) is 0 Å². The van der Waals surface area contributed by atoms with Crippen LogP contribution in [0.2, 0.25) is 5.02 Å². The van der Waals surface area contributed by atoms with E-state index in [0.717, 1.165) is 0 Å². The van der Waals surface area contributed by atoms with E-state index < -0.39 is 77.9 Å². The normalized spacial score (nSPS) is 23.5. The minimum absolute atomic E-state index is 0.0715. The minimum atomic E-state index is -4.54. The average Bonchev–Trinajstić information content (AvgIpc) is 3.15. The third kappa shape index (κ3) is 6.71. The summed E-state index contributed by atoms with van der Waals surface area (Å²) in [5.74, 6) is -5.23. The molecule has 0 spiro atoms. The lowest BCUT2D eigenvalue weighted by atomic mass is 9.96. The molecule has 1 fully saturated rings. The van der Waals surface area contributed by atoms with Crippen LogP contribution in [0.5, 0.6) is 5.75 Å². The second-order valence-corrected chi connectivity index (χ2v) is 13.7. The lowest BCUT2D eigenvalue weighted by molar-refractivity contribution is -0.192. The number of H-pyrrole nitrogens is 1. The highest BCUT2D eigenvalue weighted by atomic mass is 35.5. The van der Waals surface area contributed by atoms with Crippen molar-refractivity contribution in [1.29, 1.82) is 0 Å². The van der Waals surface area contributed by atoms with E-state index in [0.29, 0.717) is 17.0 Å². The van der Waals surface area contributed by atoms with Gasteiger partial charge in [-0.1, -0.05) is 48.0 Å². The van der Waals surface area contributed by atoms with Gasteiger partial charge in [-0.05, 0) is 44.0 Å². The predicted molar refractivity (Wildman–Crippen MR) is 155 cm³/mol.